The van der Waals surface area contributed by atoms with Gasteiger partial charge in [-0.3, -0.25) is 0 Å². The van der Waals surface area contributed by atoms with Crippen molar-refractivity contribution in [3.63, 3.8) is 0 Å². The first-order valence-electron chi connectivity index (χ1n) is 5.29. The highest BCUT2D eigenvalue weighted by Crippen LogP contribution is 2.31. The second-order valence-electron chi connectivity index (χ2n) is 5.60. The molecule has 1 aliphatic carbocycles. The zero-order valence-electron chi connectivity index (χ0n) is 9.59. The minimum atomic E-state index is -3.12. The van der Waals surface area contributed by atoms with Crippen LogP contribution in [0.2, 0.25) is 0 Å². The molecule has 1 saturated carbocycles. The van der Waals surface area contributed by atoms with Crippen molar-refractivity contribution in [3.05, 3.63) is 0 Å². The third kappa shape index (κ3) is 5.18. The molecular weight excluding hydrogens is 234 g/mol. The van der Waals surface area contributed by atoms with Crippen LogP contribution in [0.5, 0.6) is 0 Å². The molecule has 90 valence electrons. The highest BCUT2D eigenvalue weighted by Gasteiger charge is 2.29. The van der Waals surface area contributed by atoms with Gasteiger partial charge >= 0.3 is 0 Å². The van der Waals surface area contributed by atoms with E-state index in [-0.39, 0.29) is 16.5 Å². The molecule has 1 rings (SSSR count). The average Bonchev–Trinajstić information content (AvgIpc) is 1.90. The highest BCUT2D eigenvalue weighted by atomic mass is 35.5. The summed E-state index contributed by atoms with van der Waals surface area (Å²) in [6.45, 7) is 6.31. The molecule has 0 aromatic carbocycles. The molecule has 0 unspecified atom stereocenters. The van der Waals surface area contributed by atoms with Crippen LogP contribution in [-0.2, 0) is 10.0 Å². The topological polar surface area (TPSA) is 46.2 Å². The van der Waals surface area contributed by atoms with Crippen LogP contribution in [0.15, 0.2) is 0 Å². The fraction of sp³-hybridized carbons (Fsp3) is 1.00. The van der Waals surface area contributed by atoms with E-state index in [2.05, 4.69) is 4.72 Å². The lowest BCUT2D eigenvalue weighted by Crippen LogP contribution is -2.39. The summed E-state index contributed by atoms with van der Waals surface area (Å²) in [6, 6.07) is 0. The molecule has 1 fully saturated rings. The second kappa shape index (κ2) is 4.60. The predicted octanol–water partition coefficient (Wildman–Crippen LogP) is 1.97. The van der Waals surface area contributed by atoms with E-state index in [1.807, 2.05) is 20.8 Å². The number of hydrogen-bond donors (Lipinski definition) is 1. The van der Waals surface area contributed by atoms with E-state index in [1.54, 1.807) is 0 Å². The van der Waals surface area contributed by atoms with Gasteiger partial charge in [0, 0.05) is 11.9 Å². The number of hydrogen-bond acceptors (Lipinski definition) is 2. The number of sulfonamides is 1. The Hall–Kier alpha value is 0.200. The first-order valence-corrected chi connectivity index (χ1v) is 7.38. The Labute approximate surface area is 97.6 Å². The summed E-state index contributed by atoms with van der Waals surface area (Å²) in [5, 5.41) is 0.252. The molecule has 0 spiro atoms. The van der Waals surface area contributed by atoms with Crippen LogP contribution in [0.25, 0.3) is 0 Å². The van der Waals surface area contributed by atoms with Crippen molar-refractivity contribution in [1.82, 2.24) is 4.72 Å². The largest absolute Gasteiger partial charge is 0.215 e. The van der Waals surface area contributed by atoms with Crippen LogP contribution in [0, 0.1) is 11.3 Å². The van der Waals surface area contributed by atoms with Crippen molar-refractivity contribution in [2.75, 3.05) is 12.3 Å². The predicted molar refractivity (Wildman–Crippen MR) is 63.6 cm³/mol. The van der Waals surface area contributed by atoms with Gasteiger partial charge in [-0.25, -0.2) is 13.1 Å². The first kappa shape index (κ1) is 13.3. The summed E-state index contributed by atoms with van der Waals surface area (Å²) in [5.41, 5.74) is -0.194. The lowest BCUT2D eigenvalue weighted by atomic mass is 9.85. The van der Waals surface area contributed by atoms with Crippen LogP contribution >= 0.6 is 11.6 Å². The van der Waals surface area contributed by atoms with Gasteiger partial charge in [-0.05, 0) is 24.2 Å². The Morgan fingerprint density at radius 1 is 1.33 bits per heavy atom. The summed E-state index contributed by atoms with van der Waals surface area (Å²) in [7, 11) is -3.12. The Morgan fingerprint density at radius 3 is 2.27 bits per heavy atom. The molecule has 1 aliphatic rings. The molecule has 0 aromatic heterocycles. The molecule has 0 amide bonds. The quantitative estimate of drug-likeness (QED) is 0.779. The lowest BCUT2D eigenvalue weighted by Gasteiger charge is -2.31. The van der Waals surface area contributed by atoms with Gasteiger partial charge in [0.25, 0.3) is 0 Å². The number of nitrogens with one attached hydrogen (secondary N) is 1. The highest BCUT2D eigenvalue weighted by molar-refractivity contribution is 7.89. The molecule has 15 heavy (non-hydrogen) atoms. The monoisotopic (exact) mass is 253 g/mol. The van der Waals surface area contributed by atoms with E-state index in [1.165, 1.54) is 0 Å². The van der Waals surface area contributed by atoms with E-state index in [0.29, 0.717) is 12.5 Å². The fourth-order valence-electron chi connectivity index (χ4n) is 1.69. The number of alkyl halides is 1. The lowest BCUT2D eigenvalue weighted by molar-refractivity contribution is 0.323. The number of halogens is 1. The van der Waals surface area contributed by atoms with Crippen LogP contribution < -0.4 is 4.72 Å². The van der Waals surface area contributed by atoms with Crippen LogP contribution in [-0.4, -0.2) is 26.1 Å². The van der Waals surface area contributed by atoms with Gasteiger partial charge in [0.2, 0.25) is 10.0 Å². The minimum absolute atomic E-state index is 0.178. The zero-order valence-corrected chi connectivity index (χ0v) is 11.2. The normalized spacial score (nSPS) is 27.5. The molecule has 0 heterocycles. The van der Waals surface area contributed by atoms with Gasteiger partial charge in [0.15, 0.2) is 0 Å². The van der Waals surface area contributed by atoms with E-state index in [4.69, 9.17) is 11.6 Å². The van der Waals surface area contributed by atoms with Crippen LogP contribution in [0.3, 0.4) is 0 Å². The van der Waals surface area contributed by atoms with E-state index in [9.17, 15) is 8.42 Å². The standard InChI is InChI=1S/C10H20ClNO2S/c1-10(2,3)7-15(13,14)12-6-8-4-9(11)5-8/h8-9,12H,4-7H2,1-3H3. The zero-order chi connectivity index (χ0) is 11.7. The van der Waals surface area contributed by atoms with Crippen LogP contribution in [0.4, 0.5) is 0 Å². The fourth-order valence-corrected chi connectivity index (χ4v) is 3.92. The Bertz CT molecular complexity index is 302. The van der Waals surface area contributed by atoms with Crippen molar-refractivity contribution in [3.8, 4) is 0 Å². The molecule has 1 N–H and O–H groups in total. The minimum Gasteiger partial charge on any atom is -0.215 e. The molecule has 0 saturated heterocycles. The first-order chi connectivity index (χ1) is 6.68. The summed E-state index contributed by atoms with van der Waals surface area (Å²) >= 11 is 5.82. The van der Waals surface area contributed by atoms with Crippen molar-refractivity contribution in [1.29, 1.82) is 0 Å². The Kier molecular flexibility index (Phi) is 4.07. The third-order valence-corrected chi connectivity index (χ3v) is 4.60. The van der Waals surface area contributed by atoms with Crippen molar-refractivity contribution in [2.24, 2.45) is 11.3 Å². The van der Waals surface area contributed by atoms with Crippen molar-refractivity contribution < 1.29 is 8.42 Å². The van der Waals surface area contributed by atoms with Crippen molar-refractivity contribution >= 4 is 21.6 Å². The smallest absolute Gasteiger partial charge is 0.212 e. The summed E-state index contributed by atoms with van der Waals surface area (Å²) < 4.78 is 25.9. The molecular formula is C10H20ClNO2S. The molecule has 0 aromatic rings. The molecule has 0 bridgehead atoms. The van der Waals surface area contributed by atoms with Gasteiger partial charge in [-0.15, -0.1) is 11.6 Å². The molecule has 5 heteroatoms. The molecule has 0 aliphatic heterocycles. The SMILES string of the molecule is CC(C)(C)CS(=O)(=O)NCC1CC(Cl)C1. The Morgan fingerprint density at radius 2 is 1.87 bits per heavy atom. The Balaban J connectivity index is 2.31. The maximum Gasteiger partial charge on any atom is 0.212 e. The average molecular weight is 254 g/mol. The van der Waals surface area contributed by atoms with Gasteiger partial charge in [-0.2, -0.15) is 0 Å². The summed E-state index contributed by atoms with van der Waals surface area (Å²) in [4.78, 5) is 0. The second-order valence-corrected chi connectivity index (χ2v) is 8.03. The maximum atomic E-state index is 11.6. The third-order valence-electron chi connectivity index (χ3n) is 2.39. The van der Waals surface area contributed by atoms with Gasteiger partial charge in [-0.1, -0.05) is 20.8 Å². The molecule has 3 nitrogen and oxygen atoms in total. The summed E-state index contributed by atoms with van der Waals surface area (Å²) in [6.07, 6.45) is 1.86. The maximum absolute atomic E-state index is 11.6. The van der Waals surface area contributed by atoms with Gasteiger partial charge in [0.1, 0.15) is 0 Å². The number of rotatable bonds is 4. The van der Waals surface area contributed by atoms with Gasteiger partial charge in [0.05, 0.1) is 5.75 Å². The van der Waals surface area contributed by atoms with Gasteiger partial charge < -0.3 is 0 Å². The van der Waals surface area contributed by atoms with Crippen LogP contribution in [0.1, 0.15) is 33.6 Å². The molecule has 0 atom stereocenters. The van der Waals surface area contributed by atoms with E-state index in [0.717, 1.165) is 12.8 Å². The molecule has 0 radical (unpaired) electrons. The van der Waals surface area contributed by atoms with Crippen molar-refractivity contribution in [2.45, 2.75) is 39.0 Å². The van der Waals surface area contributed by atoms with E-state index >= 15 is 0 Å². The van der Waals surface area contributed by atoms with E-state index < -0.39 is 10.0 Å². The summed E-state index contributed by atoms with van der Waals surface area (Å²) in [5.74, 6) is 0.610.